The molecule has 0 fully saturated rings. The van der Waals surface area contributed by atoms with Gasteiger partial charge in [0.2, 0.25) is 5.65 Å². The molecule has 4 rings (SSSR count). The number of hydrogen-bond donors (Lipinski definition) is 0. The van der Waals surface area contributed by atoms with Crippen molar-refractivity contribution in [2.75, 3.05) is 7.11 Å². The van der Waals surface area contributed by atoms with Crippen molar-refractivity contribution in [3.8, 4) is 11.4 Å². The van der Waals surface area contributed by atoms with Gasteiger partial charge in [-0.15, -0.1) is 0 Å². The number of ether oxygens (including phenoxy) is 1. The first-order chi connectivity index (χ1) is 11.6. The zero-order valence-electron chi connectivity index (χ0n) is 13.2. The number of rotatable bonds is 2. The summed E-state index contributed by atoms with van der Waals surface area (Å²) in [5.74, 6) is 0.253. The molecule has 6 heteroatoms. The van der Waals surface area contributed by atoms with Gasteiger partial charge in [-0.25, -0.2) is 9.37 Å². The first-order valence-corrected chi connectivity index (χ1v) is 7.43. The van der Waals surface area contributed by atoms with Crippen LogP contribution in [0.4, 0.5) is 4.39 Å². The van der Waals surface area contributed by atoms with E-state index in [0.717, 1.165) is 5.52 Å². The average molecular weight is 323 g/mol. The van der Waals surface area contributed by atoms with E-state index in [0.29, 0.717) is 22.5 Å². The lowest BCUT2D eigenvalue weighted by atomic mass is 10.1. The van der Waals surface area contributed by atoms with Gasteiger partial charge in [0.1, 0.15) is 11.6 Å². The van der Waals surface area contributed by atoms with Gasteiger partial charge in [-0.3, -0.25) is 13.8 Å². The van der Waals surface area contributed by atoms with Crippen molar-refractivity contribution in [3.05, 3.63) is 70.5 Å². The third-order valence-electron chi connectivity index (χ3n) is 4.20. The summed E-state index contributed by atoms with van der Waals surface area (Å²) in [5.41, 5.74) is 2.28. The molecular formula is C18H14FN3O2. The fraction of sp³-hybridized carbons (Fsp3) is 0.111. The van der Waals surface area contributed by atoms with Crippen molar-refractivity contribution in [1.82, 2.24) is 14.0 Å². The molecule has 0 N–H and O–H groups in total. The standard InChI is InChI=1S/C18H14FN3O2/c1-11-13(19)4-3-5-14(11)22-16-10-12(24-2)6-7-15(16)21-9-8-20-17(21)18(22)23/h3-10H,1-2H3. The average Bonchev–Trinajstić information content (AvgIpc) is 3.08. The van der Waals surface area contributed by atoms with Crippen LogP contribution in [0.1, 0.15) is 5.56 Å². The van der Waals surface area contributed by atoms with Gasteiger partial charge >= 0.3 is 0 Å². The van der Waals surface area contributed by atoms with Gasteiger partial charge in [-0.2, -0.15) is 0 Å². The summed E-state index contributed by atoms with van der Waals surface area (Å²) in [7, 11) is 1.56. The molecular weight excluding hydrogens is 309 g/mol. The van der Waals surface area contributed by atoms with Crippen LogP contribution < -0.4 is 10.3 Å². The van der Waals surface area contributed by atoms with E-state index in [4.69, 9.17) is 4.74 Å². The van der Waals surface area contributed by atoms with Crippen molar-refractivity contribution in [1.29, 1.82) is 0 Å². The highest BCUT2D eigenvalue weighted by Crippen LogP contribution is 2.25. The molecule has 24 heavy (non-hydrogen) atoms. The molecule has 0 aliphatic heterocycles. The predicted molar refractivity (Wildman–Crippen MR) is 89.5 cm³/mol. The van der Waals surface area contributed by atoms with Gasteiger partial charge in [0.15, 0.2) is 0 Å². The molecule has 0 radical (unpaired) electrons. The normalized spacial score (nSPS) is 11.3. The molecule has 0 amide bonds. The van der Waals surface area contributed by atoms with Crippen LogP contribution in [0.15, 0.2) is 53.6 Å². The Balaban J connectivity index is 2.25. The van der Waals surface area contributed by atoms with Crippen molar-refractivity contribution in [2.45, 2.75) is 6.92 Å². The van der Waals surface area contributed by atoms with Crippen molar-refractivity contribution in [3.63, 3.8) is 0 Å². The number of halogens is 1. The molecule has 0 bridgehead atoms. The summed E-state index contributed by atoms with van der Waals surface area (Å²) in [6.07, 6.45) is 3.30. The maximum absolute atomic E-state index is 14.0. The van der Waals surface area contributed by atoms with E-state index in [-0.39, 0.29) is 17.0 Å². The fourth-order valence-electron chi connectivity index (χ4n) is 2.96. The Kier molecular flexibility index (Phi) is 3.13. The molecule has 5 nitrogen and oxygen atoms in total. The Morgan fingerprint density at radius 2 is 2.00 bits per heavy atom. The quantitative estimate of drug-likeness (QED) is 0.569. The third kappa shape index (κ3) is 1.93. The smallest absolute Gasteiger partial charge is 0.299 e. The van der Waals surface area contributed by atoms with E-state index in [9.17, 15) is 9.18 Å². The van der Waals surface area contributed by atoms with Crippen LogP contribution >= 0.6 is 0 Å². The van der Waals surface area contributed by atoms with Gasteiger partial charge in [0.05, 0.1) is 23.8 Å². The summed E-state index contributed by atoms with van der Waals surface area (Å²) in [6, 6.07) is 10.1. The van der Waals surface area contributed by atoms with E-state index < -0.39 is 0 Å². The third-order valence-corrected chi connectivity index (χ3v) is 4.20. The first kappa shape index (κ1) is 14.4. The molecule has 0 atom stereocenters. The van der Waals surface area contributed by atoms with Gasteiger partial charge < -0.3 is 4.74 Å². The molecule has 2 aromatic carbocycles. The second-order valence-electron chi connectivity index (χ2n) is 5.50. The number of imidazole rings is 1. The van der Waals surface area contributed by atoms with E-state index in [1.807, 2.05) is 12.1 Å². The van der Waals surface area contributed by atoms with Gasteiger partial charge in [0, 0.05) is 24.0 Å². The summed E-state index contributed by atoms with van der Waals surface area (Å²) in [6.45, 7) is 1.65. The Morgan fingerprint density at radius 1 is 1.17 bits per heavy atom. The second kappa shape index (κ2) is 5.19. The van der Waals surface area contributed by atoms with Gasteiger partial charge in [0.25, 0.3) is 5.56 Å². The molecule has 2 heterocycles. The summed E-state index contributed by atoms with van der Waals surface area (Å²) < 4.78 is 22.5. The monoisotopic (exact) mass is 323 g/mol. The largest absolute Gasteiger partial charge is 0.497 e. The molecule has 0 saturated carbocycles. The lowest BCUT2D eigenvalue weighted by molar-refractivity contribution is 0.415. The number of nitrogens with zero attached hydrogens (tertiary/aromatic N) is 3. The van der Waals surface area contributed by atoms with Gasteiger partial charge in [-0.05, 0) is 31.2 Å². The maximum atomic E-state index is 14.0. The minimum Gasteiger partial charge on any atom is -0.497 e. The highest BCUT2D eigenvalue weighted by Gasteiger charge is 2.16. The van der Waals surface area contributed by atoms with Crippen LogP contribution in [0.3, 0.4) is 0 Å². The molecule has 0 saturated heterocycles. The number of hydrogen-bond acceptors (Lipinski definition) is 3. The summed E-state index contributed by atoms with van der Waals surface area (Å²) in [4.78, 5) is 17.1. The number of fused-ring (bicyclic) bond motifs is 3. The predicted octanol–water partition coefficient (Wildman–Crippen LogP) is 3.09. The lowest BCUT2D eigenvalue weighted by Gasteiger charge is -2.15. The van der Waals surface area contributed by atoms with E-state index in [1.54, 1.807) is 49.0 Å². The Hall–Kier alpha value is -3.15. The van der Waals surface area contributed by atoms with Crippen molar-refractivity contribution in [2.24, 2.45) is 0 Å². The van der Waals surface area contributed by atoms with Crippen LogP contribution in [0.25, 0.3) is 22.4 Å². The van der Waals surface area contributed by atoms with E-state index >= 15 is 0 Å². The zero-order valence-corrected chi connectivity index (χ0v) is 13.2. The Labute approximate surface area is 136 Å². The van der Waals surface area contributed by atoms with E-state index in [1.165, 1.54) is 10.6 Å². The molecule has 120 valence electrons. The van der Waals surface area contributed by atoms with Crippen LogP contribution in [0.5, 0.6) is 5.75 Å². The van der Waals surface area contributed by atoms with Crippen LogP contribution in [-0.4, -0.2) is 21.1 Å². The number of benzene rings is 2. The molecule has 2 aromatic heterocycles. The maximum Gasteiger partial charge on any atom is 0.299 e. The Morgan fingerprint density at radius 3 is 2.79 bits per heavy atom. The lowest BCUT2D eigenvalue weighted by Crippen LogP contribution is -2.22. The molecule has 0 unspecified atom stereocenters. The van der Waals surface area contributed by atoms with Crippen LogP contribution in [-0.2, 0) is 0 Å². The molecule has 0 aliphatic rings. The minimum atomic E-state index is -0.362. The molecule has 4 aromatic rings. The summed E-state index contributed by atoms with van der Waals surface area (Å²) >= 11 is 0. The number of methoxy groups -OCH3 is 1. The van der Waals surface area contributed by atoms with Crippen molar-refractivity contribution < 1.29 is 9.13 Å². The van der Waals surface area contributed by atoms with Gasteiger partial charge in [-0.1, -0.05) is 6.07 Å². The van der Waals surface area contributed by atoms with E-state index in [2.05, 4.69) is 4.98 Å². The molecule has 0 spiro atoms. The topological polar surface area (TPSA) is 48.5 Å². The SMILES string of the molecule is COc1ccc2c(c1)n(-c1cccc(F)c1C)c(=O)c1nccn12. The second-order valence-corrected chi connectivity index (χ2v) is 5.50. The summed E-state index contributed by atoms with van der Waals surface area (Å²) in [5, 5.41) is 0. The highest BCUT2D eigenvalue weighted by molar-refractivity contribution is 5.81. The fourth-order valence-corrected chi connectivity index (χ4v) is 2.96. The van der Waals surface area contributed by atoms with Crippen LogP contribution in [0.2, 0.25) is 0 Å². The van der Waals surface area contributed by atoms with Crippen LogP contribution in [0, 0.1) is 12.7 Å². The highest BCUT2D eigenvalue weighted by atomic mass is 19.1. The zero-order chi connectivity index (χ0) is 16.8. The van der Waals surface area contributed by atoms with Crippen molar-refractivity contribution >= 4 is 16.7 Å². The first-order valence-electron chi connectivity index (χ1n) is 7.43. The molecule has 0 aliphatic carbocycles. The number of aromatic nitrogens is 3. The Bertz CT molecular complexity index is 1140. The minimum absolute atomic E-state index is 0.288.